The number of benzene rings is 1. The molecule has 26 heavy (non-hydrogen) atoms. The van der Waals surface area contributed by atoms with Crippen LogP contribution in [0.4, 0.5) is 0 Å². The van der Waals surface area contributed by atoms with Gasteiger partial charge in [-0.3, -0.25) is 9.59 Å². The summed E-state index contributed by atoms with van der Waals surface area (Å²) < 4.78 is 4.59. The van der Waals surface area contributed by atoms with Gasteiger partial charge in [-0.25, -0.2) is 0 Å². The summed E-state index contributed by atoms with van der Waals surface area (Å²) in [6.45, 7) is 3.90. The van der Waals surface area contributed by atoms with Crippen molar-refractivity contribution < 1.29 is 14.3 Å². The van der Waals surface area contributed by atoms with Crippen LogP contribution in [0.5, 0.6) is 0 Å². The number of carbonyl (C=O) groups is 2. The van der Waals surface area contributed by atoms with Gasteiger partial charge in [0.25, 0.3) is 0 Å². The van der Waals surface area contributed by atoms with E-state index in [2.05, 4.69) is 21.8 Å². The number of piperidine rings is 1. The largest absolute Gasteiger partial charge is 0.469 e. The molecule has 1 aromatic rings. The molecule has 0 unspecified atom stereocenters. The fourth-order valence-electron chi connectivity index (χ4n) is 3.43. The molecule has 1 amide bonds. The minimum Gasteiger partial charge on any atom is -0.469 e. The van der Waals surface area contributed by atoms with E-state index >= 15 is 0 Å². The number of carbonyl (C=O) groups excluding carboxylic acids is 2. The van der Waals surface area contributed by atoms with Crippen LogP contribution in [-0.4, -0.2) is 62.0 Å². The topological polar surface area (TPSA) is 49.9 Å². The summed E-state index contributed by atoms with van der Waals surface area (Å²) in [7, 11) is 3.17. The number of nitrogens with zero attached hydrogens (tertiary/aromatic N) is 2. The van der Waals surface area contributed by atoms with Crippen molar-refractivity contribution in [3.63, 3.8) is 0 Å². The Kier molecular flexibility index (Phi) is 8.39. The quantitative estimate of drug-likeness (QED) is 0.650. The zero-order chi connectivity index (χ0) is 18.9. The number of ether oxygens (including phenoxy) is 1. The summed E-state index contributed by atoms with van der Waals surface area (Å²) in [6.07, 6.45) is 3.69. The summed E-state index contributed by atoms with van der Waals surface area (Å²) in [6, 6.07) is 8.03. The lowest BCUT2D eigenvalue weighted by Gasteiger charge is -2.34. The van der Waals surface area contributed by atoms with E-state index in [1.165, 1.54) is 12.7 Å². The lowest BCUT2D eigenvalue weighted by atomic mass is 9.97. The molecule has 5 nitrogen and oxygen atoms in total. The number of amides is 1. The molecular formula is C20H29ClN2O3. The van der Waals surface area contributed by atoms with Gasteiger partial charge in [0.15, 0.2) is 0 Å². The molecule has 0 bridgehead atoms. The van der Waals surface area contributed by atoms with Crippen molar-refractivity contribution in [2.75, 3.05) is 40.3 Å². The van der Waals surface area contributed by atoms with E-state index in [4.69, 9.17) is 11.6 Å². The molecule has 1 saturated heterocycles. The van der Waals surface area contributed by atoms with E-state index in [0.29, 0.717) is 5.92 Å². The van der Waals surface area contributed by atoms with Crippen molar-refractivity contribution in [3.05, 3.63) is 34.9 Å². The summed E-state index contributed by atoms with van der Waals surface area (Å²) in [5, 5.41) is 0.770. The predicted molar refractivity (Wildman–Crippen MR) is 103 cm³/mol. The van der Waals surface area contributed by atoms with Gasteiger partial charge in [-0.1, -0.05) is 23.7 Å². The molecule has 1 aliphatic rings. The van der Waals surface area contributed by atoms with Crippen LogP contribution in [0.15, 0.2) is 24.3 Å². The molecular weight excluding hydrogens is 352 g/mol. The molecule has 1 aromatic carbocycles. The first-order valence-electron chi connectivity index (χ1n) is 9.25. The van der Waals surface area contributed by atoms with Gasteiger partial charge in [0.1, 0.15) is 0 Å². The summed E-state index contributed by atoms with van der Waals surface area (Å²) in [5.41, 5.74) is 1.30. The highest BCUT2D eigenvalue weighted by molar-refractivity contribution is 6.30. The second-order valence-corrected chi connectivity index (χ2v) is 7.47. The first-order valence-corrected chi connectivity index (χ1v) is 9.63. The maximum Gasteiger partial charge on any atom is 0.306 e. The minimum absolute atomic E-state index is 0.00804. The number of hydrogen-bond acceptors (Lipinski definition) is 4. The number of rotatable bonds is 8. The van der Waals surface area contributed by atoms with Crippen LogP contribution in [0.1, 0.15) is 31.2 Å². The van der Waals surface area contributed by atoms with Crippen LogP contribution in [-0.2, 0) is 20.7 Å². The van der Waals surface area contributed by atoms with Crippen LogP contribution < -0.4 is 0 Å². The third-order valence-electron chi connectivity index (χ3n) is 4.96. The number of likely N-dealkylation sites (tertiary alicyclic amines) is 1. The Morgan fingerprint density at radius 3 is 2.69 bits per heavy atom. The van der Waals surface area contributed by atoms with Gasteiger partial charge in [0.2, 0.25) is 5.91 Å². The van der Waals surface area contributed by atoms with E-state index in [0.717, 1.165) is 50.5 Å². The van der Waals surface area contributed by atoms with Crippen molar-refractivity contribution >= 4 is 23.5 Å². The smallest absolute Gasteiger partial charge is 0.306 e. The molecule has 0 N–H and O–H groups in total. The van der Waals surface area contributed by atoms with Crippen LogP contribution in [0, 0.1) is 5.92 Å². The van der Waals surface area contributed by atoms with Gasteiger partial charge in [-0.2, -0.15) is 0 Å². The van der Waals surface area contributed by atoms with E-state index in [1.807, 2.05) is 19.2 Å². The first-order chi connectivity index (χ1) is 12.5. The van der Waals surface area contributed by atoms with E-state index in [-0.39, 0.29) is 24.7 Å². The van der Waals surface area contributed by atoms with Crippen LogP contribution >= 0.6 is 11.6 Å². The normalized spacial score (nSPS) is 17.7. The molecule has 0 aromatic heterocycles. The minimum atomic E-state index is -0.335. The molecule has 144 valence electrons. The predicted octanol–water partition coefficient (Wildman–Crippen LogP) is 3.01. The Labute approximate surface area is 161 Å². The van der Waals surface area contributed by atoms with Gasteiger partial charge in [-0.15, -0.1) is 0 Å². The average molecular weight is 381 g/mol. The molecule has 1 atom stereocenters. The van der Waals surface area contributed by atoms with Crippen molar-refractivity contribution in [1.82, 2.24) is 9.80 Å². The molecule has 6 heteroatoms. The van der Waals surface area contributed by atoms with Crippen molar-refractivity contribution in [2.24, 2.45) is 5.92 Å². The van der Waals surface area contributed by atoms with Crippen LogP contribution in [0.25, 0.3) is 0 Å². The molecule has 1 heterocycles. The summed E-state index contributed by atoms with van der Waals surface area (Å²) >= 11 is 5.93. The van der Waals surface area contributed by atoms with Crippen LogP contribution in [0.3, 0.4) is 0 Å². The van der Waals surface area contributed by atoms with Crippen molar-refractivity contribution in [3.8, 4) is 0 Å². The Morgan fingerprint density at radius 2 is 2.00 bits per heavy atom. The molecule has 0 aliphatic carbocycles. The maximum atomic E-state index is 12.2. The summed E-state index contributed by atoms with van der Waals surface area (Å²) in [4.78, 5) is 27.6. The SMILES string of the molecule is COC(=O)CCC(=O)N(C)C[C@@H]1CCCN(CCc2ccc(Cl)cc2)C1. The third-order valence-corrected chi connectivity index (χ3v) is 5.21. The monoisotopic (exact) mass is 380 g/mol. The molecule has 1 fully saturated rings. The molecule has 2 rings (SSSR count). The maximum absolute atomic E-state index is 12.2. The van der Waals surface area contributed by atoms with E-state index in [1.54, 1.807) is 4.90 Å². The third kappa shape index (κ3) is 6.96. The van der Waals surface area contributed by atoms with Gasteiger partial charge in [0.05, 0.1) is 13.5 Å². The van der Waals surface area contributed by atoms with Crippen LogP contribution in [0.2, 0.25) is 5.02 Å². The van der Waals surface area contributed by atoms with Gasteiger partial charge >= 0.3 is 5.97 Å². The Morgan fingerprint density at radius 1 is 1.27 bits per heavy atom. The molecule has 0 saturated carbocycles. The Bertz CT molecular complexity index is 591. The molecule has 0 radical (unpaired) electrons. The summed E-state index contributed by atoms with van der Waals surface area (Å²) in [5.74, 6) is 0.160. The lowest BCUT2D eigenvalue weighted by molar-refractivity contribution is -0.143. The highest BCUT2D eigenvalue weighted by atomic mass is 35.5. The van der Waals surface area contributed by atoms with Gasteiger partial charge < -0.3 is 14.5 Å². The zero-order valence-electron chi connectivity index (χ0n) is 15.7. The number of esters is 1. The highest BCUT2D eigenvalue weighted by Gasteiger charge is 2.22. The number of halogens is 1. The number of methoxy groups -OCH3 is 1. The van der Waals surface area contributed by atoms with Gasteiger partial charge in [-0.05, 0) is 49.4 Å². The molecule has 0 spiro atoms. The fourth-order valence-corrected chi connectivity index (χ4v) is 3.56. The van der Waals surface area contributed by atoms with Gasteiger partial charge in [0, 0.05) is 38.1 Å². The molecule has 1 aliphatic heterocycles. The highest BCUT2D eigenvalue weighted by Crippen LogP contribution is 2.19. The lowest BCUT2D eigenvalue weighted by Crippen LogP contribution is -2.42. The fraction of sp³-hybridized carbons (Fsp3) is 0.600. The second kappa shape index (κ2) is 10.5. The van der Waals surface area contributed by atoms with Crippen molar-refractivity contribution in [2.45, 2.75) is 32.1 Å². The van der Waals surface area contributed by atoms with Crippen molar-refractivity contribution in [1.29, 1.82) is 0 Å². The Hall–Kier alpha value is -1.59. The number of hydrogen-bond donors (Lipinski definition) is 0. The second-order valence-electron chi connectivity index (χ2n) is 7.04. The van der Waals surface area contributed by atoms with E-state index in [9.17, 15) is 9.59 Å². The van der Waals surface area contributed by atoms with E-state index < -0.39 is 0 Å². The standard InChI is InChI=1S/C20H29ClN2O3/c1-22(19(24)9-10-20(25)26-2)14-17-4-3-12-23(15-17)13-11-16-5-7-18(21)8-6-16/h5-8,17H,3-4,9-15H2,1-2H3/t17-/m0/s1. The Balaban J connectivity index is 1.73. The first kappa shape index (κ1) is 20.7. The average Bonchev–Trinajstić information content (AvgIpc) is 2.65. The zero-order valence-corrected chi connectivity index (χ0v) is 16.5.